The molecule has 0 amide bonds. The zero-order valence-electron chi connectivity index (χ0n) is 17.4. The summed E-state index contributed by atoms with van der Waals surface area (Å²) in [6.45, 7) is 9.73. The number of nitrogens with two attached hydrogens (primary N) is 1. The maximum Gasteiger partial charge on any atom is 0.189 e. The molecule has 2 fully saturated rings. The zero-order valence-corrected chi connectivity index (χ0v) is 19.7. The molecule has 0 radical (unpaired) electrons. The summed E-state index contributed by atoms with van der Waals surface area (Å²) in [4.78, 5) is 9.73. The lowest BCUT2D eigenvalue weighted by Crippen LogP contribution is -2.45. The topological polar surface area (TPSA) is 56.9 Å². The van der Waals surface area contributed by atoms with E-state index in [4.69, 9.17) is 5.73 Å². The standard InChI is InChI=1S/C22H37N5.HI/c1-2-26-13-15-27(16-14-26)18-20-10-8-7-9-19(20)17-24-22(23)25-21-11-5-3-4-6-12-21;/h7-10,21H,2-6,11-18H2,1H3,(H3,23,24,25);1H. The number of halogens is 1. The third kappa shape index (κ3) is 7.52. The number of nitrogens with one attached hydrogen (secondary N) is 1. The summed E-state index contributed by atoms with van der Waals surface area (Å²) in [6, 6.07) is 9.18. The van der Waals surface area contributed by atoms with E-state index in [9.17, 15) is 0 Å². The Morgan fingerprint density at radius 2 is 1.61 bits per heavy atom. The van der Waals surface area contributed by atoms with Gasteiger partial charge in [0.2, 0.25) is 0 Å². The van der Waals surface area contributed by atoms with Crippen LogP contribution in [0.3, 0.4) is 0 Å². The van der Waals surface area contributed by atoms with Gasteiger partial charge in [0.15, 0.2) is 5.96 Å². The van der Waals surface area contributed by atoms with E-state index in [1.807, 2.05) is 0 Å². The van der Waals surface area contributed by atoms with Crippen LogP contribution in [0, 0.1) is 0 Å². The van der Waals surface area contributed by atoms with Gasteiger partial charge in [-0.25, -0.2) is 4.99 Å². The predicted octanol–water partition coefficient (Wildman–Crippen LogP) is 3.57. The molecule has 6 heteroatoms. The van der Waals surface area contributed by atoms with Crippen molar-refractivity contribution < 1.29 is 0 Å². The highest BCUT2D eigenvalue weighted by Gasteiger charge is 2.16. The fourth-order valence-corrected chi connectivity index (χ4v) is 4.22. The van der Waals surface area contributed by atoms with Gasteiger partial charge in [0, 0.05) is 38.8 Å². The lowest BCUT2D eigenvalue weighted by Gasteiger charge is -2.34. The Labute approximate surface area is 188 Å². The molecular weight excluding hydrogens is 461 g/mol. The molecule has 1 aliphatic carbocycles. The summed E-state index contributed by atoms with van der Waals surface area (Å²) in [6.07, 6.45) is 7.76. The van der Waals surface area contributed by atoms with Gasteiger partial charge in [0.1, 0.15) is 0 Å². The lowest BCUT2D eigenvalue weighted by atomic mass is 10.1. The molecule has 0 atom stereocenters. The van der Waals surface area contributed by atoms with Crippen LogP contribution >= 0.6 is 24.0 Å². The number of aliphatic imine (C=N–C) groups is 1. The highest BCUT2D eigenvalue weighted by atomic mass is 127. The molecule has 2 aliphatic rings. The predicted molar refractivity (Wildman–Crippen MR) is 129 cm³/mol. The average molecular weight is 499 g/mol. The van der Waals surface area contributed by atoms with Crippen LogP contribution < -0.4 is 11.1 Å². The second kappa shape index (κ2) is 12.6. The van der Waals surface area contributed by atoms with Crippen molar-refractivity contribution in [2.24, 2.45) is 10.7 Å². The highest BCUT2D eigenvalue weighted by molar-refractivity contribution is 14.0. The van der Waals surface area contributed by atoms with Gasteiger partial charge in [-0.2, -0.15) is 0 Å². The number of likely N-dealkylation sites (N-methyl/N-ethyl adjacent to an activating group) is 1. The molecule has 1 aromatic rings. The van der Waals surface area contributed by atoms with Crippen molar-refractivity contribution in [3.05, 3.63) is 35.4 Å². The van der Waals surface area contributed by atoms with Gasteiger partial charge in [-0.3, -0.25) is 4.90 Å². The Bertz CT molecular complexity index is 590. The van der Waals surface area contributed by atoms with Crippen molar-refractivity contribution in [3.63, 3.8) is 0 Å². The van der Waals surface area contributed by atoms with Crippen LogP contribution in [0.25, 0.3) is 0 Å². The molecule has 5 nitrogen and oxygen atoms in total. The summed E-state index contributed by atoms with van der Waals surface area (Å²) in [5, 5.41) is 3.45. The third-order valence-electron chi connectivity index (χ3n) is 6.05. The minimum atomic E-state index is 0. The van der Waals surface area contributed by atoms with Crippen molar-refractivity contribution in [1.82, 2.24) is 15.1 Å². The van der Waals surface area contributed by atoms with Gasteiger partial charge in [0.05, 0.1) is 6.54 Å². The summed E-state index contributed by atoms with van der Waals surface area (Å²) >= 11 is 0. The summed E-state index contributed by atoms with van der Waals surface area (Å²) < 4.78 is 0. The lowest BCUT2D eigenvalue weighted by molar-refractivity contribution is 0.131. The molecule has 1 saturated carbocycles. The molecule has 0 unspecified atom stereocenters. The number of nitrogens with zero attached hydrogens (tertiary/aromatic N) is 3. The van der Waals surface area contributed by atoms with E-state index in [1.54, 1.807) is 0 Å². The van der Waals surface area contributed by atoms with Crippen molar-refractivity contribution in [2.75, 3.05) is 32.7 Å². The second-order valence-corrected chi connectivity index (χ2v) is 8.01. The largest absolute Gasteiger partial charge is 0.370 e. The quantitative estimate of drug-likeness (QED) is 0.272. The number of piperazine rings is 1. The molecule has 3 rings (SSSR count). The highest BCUT2D eigenvalue weighted by Crippen LogP contribution is 2.17. The van der Waals surface area contributed by atoms with Gasteiger partial charge in [-0.15, -0.1) is 24.0 Å². The Morgan fingerprint density at radius 3 is 2.25 bits per heavy atom. The summed E-state index contributed by atoms with van der Waals surface area (Å²) in [5.41, 5.74) is 8.87. The molecule has 0 aromatic heterocycles. The molecule has 0 spiro atoms. The van der Waals surface area contributed by atoms with E-state index >= 15 is 0 Å². The maximum atomic E-state index is 6.19. The Balaban J connectivity index is 0.00000280. The number of guanidine groups is 1. The van der Waals surface area contributed by atoms with E-state index in [2.05, 4.69) is 51.3 Å². The van der Waals surface area contributed by atoms with Gasteiger partial charge in [-0.05, 0) is 30.5 Å². The van der Waals surface area contributed by atoms with Crippen LogP contribution in [0.5, 0.6) is 0 Å². The van der Waals surface area contributed by atoms with Crippen molar-refractivity contribution in [3.8, 4) is 0 Å². The van der Waals surface area contributed by atoms with Crippen molar-refractivity contribution in [2.45, 2.75) is 64.6 Å². The summed E-state index contributed by atoms with van der Waals surface area (Å²) in [7, 11) is 0. The van der Waals surface area contributed by atoms with Gasteiger partial charge >= 0.3 is 0 Å². The Hall–Kier alpha value is -0.860. The fourth-order valence-electron chi connectivity index (χ4n) is 4.22. The maximum absolute atomic E-state index is 6.19. The smallest absolute Gasteiger partial charge is 0.189 e. The number of benzene rings is 1. The Kier molecular flexibility index (Phi) is 10.6. The molecule has 1 aliphatic heterocycles. The normalized spacial score (nSPS) is 20.4. The van der Waals surface area contributed by atoms with Crippen molar-refractivity contribution in [1.29, 1.82) is 0 Å². The second-order valence-electron chi connectivity index (χ2n) is 8.01. The third-order valence-corrected chi connectivity index (χ3v) is 6.05. The van der Waals surface area contributed by atoms with Gasteiger partial charge in [-0.1, -0.05) is 56.9 Å². The van der Waals surface area contributed by atoms with Crippen LogP contribution in [0.2, 0.25) is 0 Å². The Morgan fingerprint density at radius 1 is 1.00 bits per heavy atom. The first kappa shape index (κ1) is 23.4. The molecule has 1 heterocycles. The molecule has 1 aromatic carbocycles. The number of hydrogen-bond donors (Lipinski definition) is 2. The number of rotatable bonds is 6. The molecular formula is C22H38IN5. The number of hydrogen-bond acceptors (Lipinski definition) is 3. The van der Waals surface area contributed by atoms with Crippen LogP contribution in [-0.4, -0.2) is 54.5 Å². The van der Waals surface area contributed by atoms with Crippen LogP contribution in [0.1, 0.15) is 56.6 Å². The molecule has 158 valence electrons. The van der Waals surface area contributed by atoms with Gasteiger partial charge < -0.3 is 16.0 Å². The first-order chi connectivity index (χ1) is 13.2. The van der Waals surface area contributed by atoms with E-state index in [1.165, 1.54) is 62.7 Å². The van der Waals surface area contributed by atoms with Gasteiger partial charge in [0.25, 0.3) is 0 Å². The minimum Gasteiger partial charge on any atom is -0.370 e. The van der Waals surface area contributed by atoms with E-state index in [-0.39, 0.29) is 24.0 Å². The molecule has 0 bridgehead atoms. The van der Waals surface area contributed by atoms with Crippen LogP contribution in [-0.2, 0) is 13.1 Å². The van der Waals surface area contributed by atoms with E-state index in [0.29, 0.717) is 18.5 Å². The molecule has 28 heavy (non-hydrogen) atoms. The SMILES string of the molecule is CCN1CCN(Cc2ccccc2CN=C(N)NC2CCCCCC2)CC1.I. The minimum absolute atomic E-state index is 0. The first-order valence-electron chi connectivity index (χ1n) is 10.8. The van der Waals surface area contributed by atoms with E-state index in [0.717, 1.165) is 26.2 Å². The van der Waals surface area contributed by atoms with Crippen LogP contribution in [0.4, 0.5) is 0 Å². The first-order valence-corrected chi connectivity index (χ1v) is 10.8. The summed E-state index contributed by atoms with van der Waals surface area (Å²) in [5.74, 6) is 0.605. The van der Waals surface area contributed by atoms with Crippen molar-refractivity contribution >= 4 is 29.9 Å². The van der Waals surface area contributed by atoms with Crippen LogP contribution in [0.15, 0.2) is 29.3 Å². The monoisotopic (exact) mass is 499 g/mol. The zero-order chi connectivity index (χ0) is 18.9. The van der Waals surface area contributed by atoms with E-state index < -0.39 is 0 Å². The average Bonchev–Trinajstić information content (AvgIpc) is 2.96. The molecule has 3 N–H and O–H groups in total. The fraction of sp³-hybridized carbons (Fsp3) is 0.682. The molecule has 1 saturated heterocycles.